The van der Waals surface area contributed by atoms with Crippen molar-refractivity contribution in [1.82, 2.24) is 5.32 Å². The number of benzene rings is 1. The van der Waals surface area contributed by atoms with Crippen LogP contribution in [0.2, 0.25) is 5.02 Å². The summed E-state index contributed by atoms with van der Waals surface area (Å²) < 4.78 is 0. The lowest BCUT2D eigenvalue weighted by Gasteiger charge is -2.05. The highest BCUT2D eigenvalue weighted by molar-refractivity contribution is 6.31. The van der Waals surface area contributed by atoms with Crippen LogP contribution in [0, 0.1) is 6.92 Å². The van der Waals surface area contributed by atoms with Gasteiger partial charge in [0.1, 0.15) is 0 Å². The van der Waals surface area contributed by atoms with Crippen molar-refractivity contribution in [1.29, 1.82) is 0 Å². The molecule has 0 saturated carbocycles. The molecule has 1 aromatic rings. The second-order valence-electron chi connectivity index (χ2n) is 3.62. The molecule has 0 atom stereocenters. The van der Waals surface area contributed by atoms with Gasteiger partial charge < -0.3 is 5.32 Å². The van der Waals surface area contributed by atoms with Crippen LogP contribution in [-0.2, 0) is 0 Å². The van der Waals surface area contributed by atoms with Crippen molar-refractivity contribution < 1.29 is 4.79 Å². The van der Waals surface area contributed by atoms with Crippen molar-refractivity contribution in [2.75, 3.05) is 12.4 Å². The highest BCUT2D eigenvalue weighted by Gasteiger charge is 2.06. The molecule has 0 aliphatic rings. The van der Waals surface area contributed by atoms with Gasteiger partial charge in [0, 0.05) is 23.0 Å². The van der Waals surface area contributed by atoms with Gasteiger partial charge in [-0.05, 0) is 37.5 Å². The second kappa shape index (κ2) is 6.77. The molecule has 2 nitrogen and oxygen atoms in total. The molecule has 1 amide bonds. The average molecular weight is 260 g/mol. The van der Waals surface area contributed by atoms with E-state index in [1.807, 2.05) is 13.0 Å². The van der Waals surface area contributed by atoms with Gasteiger partial charge in [0.15, 0.2) is 0 Å². The molecule has 1 aromatic carbocycles. The molecule has 0 saturated heterocycles. The van der Waals surface area contributed by atoms with Crippen LogP contribution in [-0.4, -0.2) is 18.3 Å². The predicted molar refractivity (Wildman–Crippen MR) is 68.5 cm³/mol. The lowest BCUT2D eigenvalue weighted by atomic mass is 10.1. The number of amides is 1. The molecule has 0 spiro atoms. The van der Waals surface area contributed by atoms with Crippen molar-refractivity contribution in [2.24, 2.45) is 0 Å². The zero-order chi connectivity index (χ0) is 12.0. The Morgan fingerprint density at radius 1 is 1.38 bits per heavy atom. The number of carbonyl (C=O) groups excluding carboxylic acids is 1. The number of carbonyl (C=O) groups is 1. The van der Waals surface area contributed by atoms with Crippen molar-refractivity contribution >= 4 is 29.1 Å². The molecule has 0 aliphatic carbocycles. The van der Waals surface area contributed by atoms with Gasteiger partial charge in [0.25, 0.3) is 5.91 Å². The Kier molecular flexibility index (Phi) is 5.64. The Morgan fingerprint density at radius 3 is 2.75 bits per heavy atom. The van der Waals surface area contributed by atoms with Gasteiger partial charge in [-0.2, -0.15) is 0 Å². The van der Waals surface area contributed by atoms with Crippen LogP contribution in [0.4, 0.5) is 0 Å². The fraction of sp³-hybridized carbons (Fsp3) is 0.417. The summed E-state index contributed by atoms with van der Waals surface area (Å²) in [6.45, 7) is 2.56. The van der Waals surface area contributed by atoms with Gasteiger partial charge >= 0.3 is 0 Å². The number of alkyl halides is 1. The van der Waals surface area contributed by atoms with E-state index in [0.717, 1.165) is 18.4 Å². The summed E-state index contributed by atoms with van der Waals surface area (Å²) in [4.78, 5) is 11.7. The lowest BCUT2D eigenvalue weighted by molar-refractivity contribution is 0.0953. The third kappa shape index (κ3) is 4.03. The van der Waals surface area contributed by atoms with E-state index in [9.17, 15) is 4.79 Å². The first-order valence-electron chi connectivity index (χ1n) is 5.25. The van der Waals surface area contributed by atoms with Gasteiger partial charge in [0.05, 0.1) is 0 Å². The number of hydrogen-bond acceptors (Lipinski definition) is 1. The average Bonchev–Trinajstić information content (AvgIpc) is 2.28. The Balaban J connectivity index is 2.50. The van der Waals surface area contributed by atoms with E-state index in [0.29, 0.717) is 23.0 Å². The molecule has 1 rings (SSSR count). The molecule has 0 unspecified atom stereocenters. The predicted octanol–water partition coefficient (Wildman–Crippen LogP) is 3.40. The summed E-state index contributed by atoms with van der Waals surface area (Å²) in [7, 11) is 0. The van der Waals surface area contributed by atoms with E-state index < -0.39 is 0 Å². The molecule has 0 fully saturated rings. The molecule has 1 N–H and O–H groups in total. The quantitative estimate of drug-likeness (QED) is 0.638. The van der Waals surface area contributed by atoms with E-state index in [-0.39, 0.29) is 5.91 Å². The monoisotopic (exact) mass is 259 g/mol. The maximum absolute atomic E-state index is 11.7. The van der Waals surface area contributed by atoms with Crippen LogP contribution < -0.4 is 5.32 Å². The van der Waals surface area contributed by atoms with E-state index in [2.05, 4.69) is 5.32 Å². The van der Waals surface area contributed by atoms with Gasteiger partial charge in [-0.1, -0.05) is 17.7 Å². The molecule has 88 valence electrons. The topological polar surface area (TPSA) is 29.1 Å². The minimum atomic E-state index is -0.0866. The largest absolute Gasteiger partial charge is 0.352 e. The van der Waals surface area contributed by atoms with E-state index >= 15 is 0 Å². The Morgan fingerprint density at radius 2 is 2.12 bits per heavy atom. The second-order valence-corrected chi connectivity index (χ2v) is 4.40. The fourth-order valence-corrected chi connectivity index (χ4v) is 1.63. The number of nitrogens with one attached hydrogen (secondary N) is 1. The van der Waals surface area contributed by atoms with Crippen LogP contribution in [0.5, 0.6) is 0 Å². The number of rotatable bonds is 5. The number of aryl methyl sites for hydroxylation is 1. The normalized spacial score (nSPS) is 10.2. The minimum Gasteiger partial charge on any atom is -0.352 e. The summed E-state index contributed by atoms with van der Waals surface area (Å²) in [6, 6.07) is 5.31. The van der Waals surface area contributed by atoms with E-state index in [1.165, 1.54) is 0 Å². The van der Waals surface area contributed by atoms with Crippen LogP contribution >= 0.6 is 23.2 Å². The summed E-state index contributed by atoms with van der Waals surface area (Å²) in [5, 5.41) is 3.44. The number of hydrogen-bond donors (Lipinski definition) is 1. The first-order chi connectivity index (χ1) is 7.65. The third-order valence-corrected chi connectivity index (χ3v) is 2.95. The van der Waals surface area contributed by atoms with Gasteiger partial charge in [-0.15, -0.1) is 11.6 Å². The van der Waals surface area contributed by atoms with Gasteiger partial charge in [-0.3, -0.25) is 4.79 Å². The van der Waals surface area contributed by atoms with Crippen molar-refractivity contribution in [3.05, 3.63) is 34.3 Å². The maximum Gasteiger partial charge on any atom is 0.251 e. The molecule has 0 aliphatic heterocycles. The van der Waals surface area contributed by atoms with Crippen LogP contribution in [0.3, 0.4) is 0 Å². The zero-order valence-corrected chi connectivity index (χ0v) is 10.7. The summed E-state index contributed by atoms with van der Waals surface area (Å²) in [5.74, 6) is 0.545. The van der Waals surface area contributed by atoms with Crippen LogP contribution in [0.1, 0.15) is 28.8 Å². The highest BCUT2D eigenvalue weighted by atomic mass is 35.5. The zero-order valence-electron chi connectivity index (χ0n) is 9.22. The Labute approximate surface area is 106 Å². The smallest absolute Gasteiger partial charge is 0.251 e. The van der Waals surface area contributed by atoms with Crippen LogP contribution in [0.25, 0.3) is 0 Å². The van der Waals surface area contributed by atoms with E-state index in [4.69, 9.17) is 23.2 Å². The summed E-state index contributed by atoms with van der Waals surface area (Å²) in [5.41, 5.74) is 1.57. The minimum absolute atomic E-state index is 0.0866. The van der Waals surface area contributed by atoms with E-state index in [1.54, 1.807) is 12.1 Å². The molecule has 0 aromatic heterocycles. The van der Waals surface area contributed by atoms with Gasteiger partial charge in [-0.25, -0.2) is 0 Å². The van der Waals surface area contributed by atoms with Gasteiger partial charge in [0.2, 0.25) is 0 Å². The standard InChI is InChI=1S/C12H15Cl2NO/c1-9-4-5-10(8-11(9)14)12(16)15-7-3-2-6-13/h4-5,8H,2-3,6-7H2,1H3,(H,15,16). The summed E-state index contributed by atoms with van der Waals surface area (Å²) >= 11 is 11.5. The lowest BCUT2D eigenvalue weighted by Crippen LogP contribution is -2.24. The van der Waals surface area contributed by atoms with Crippen LogP contribution in [0.15, 0.2) is 18.2 Å². The molecule has 0 bridgehead atoms. The Bertz CT molecular complexity index is 366. The Hall–Kier alpha value is -0.730. The molecule has 0 radical (unpaired) electrons. The third-order valence-electron chi connectivity index (χ3n) is 2.28. The first-order valence-corrected chi connectivity index (χ1v) is 6.16. The molecular weight excluding hydrogens is 245 g/mol. The molecule has 0 heterocycles. The summed E-state index contributed by atoms with van der Waals surface area (Å²) in [6.07, 6.45) is 1.81. The van der Waals surface area contributed by atoms with Crippen molar-refractivity contribution in [3.8, 4) is 0 Å². The SMILES string of the molecule is Cc1ccc(C(=O)NCCCCCl)cc1Cl. The van der Waals surface area contributed by atoms with Crippen molar-refractivity contribution in [2.45, 2.75) is 19.8 Å². The molecular formula is C12H15Cl2NO. The maximum atomic E-state index is 11.7. The first kappa shape index (κ1) is 13.3. The molecule has 16 heavy (non-hydrogen) atoms. The number of unbranched alkanes of at least 4 members (excludes halogenated alkanes) is 1. The number of halogens is 2. The fourth-order valence-electron chi connectivity index (χ4n) is 1.26. The molecule has 4 heteroatoms. The van der Waals surface area contributed by atoms with Crippen molar-refractivity contribution in [3.63, 3.8) is 0 Å². The highest BCUT2D eigenvalue weighted by Crippen LogP contribution is 2.16.